The Hall–Kier alpha value is -1.55. The van der Waals surface area contributed by atoms with Crippen LogP contribution in [0.15, 0.2) is 42.5 Å². The molecule has 0 saturated heterocycles. The second-order valence-electron chi connectivity index (χ2n) is 6.83. The highest BCUT2D eigenvalue weighted by atomic mass is 35.5. The summed E-state index contributed by atoms with van der Waals surface area (Å²) < 4.78 is 0. The number of anilines is 2. The van der Waals surface area contributed by atoms with E-state index in [0.29, 0.717) is 16.5 Å². The molecule has 0 aliphatic carbocycles. The summed E-state index contributed by atoms with van der Waals surface area (Å²) in [4.78, 5) is 15.2. The van der Waals surface area contributed by atoms with Gasteiger partial charge >= 0.3 is 0 Å². The molecule has 0 saturated carbocycles. The van der Waals surface area contributed by atoms with Gasteiger partial charge in [0.25, 0.3) is 0 Å². The molecule has 0 bridgehead atoms. The van der Waals surface area contributed by atoms with Crippen LogP contribution >= 0.6 is 23.2 Å². The molecule has 3 nitrogen and oxygen atoms in total. The number of benzene rings is 2. The lowest BCUT2D eigenvalue weighted by atomic mass is 9.75. The van der Waals surface area contributed by atoms with E-state index in [9.17, 15) is 4.79 Å². The maximum Gasteiger partial charge on any atom is 0.237 e. The molecule has 0 aromatic heterocycles. The maximum absolute atomic E-state index is 13.4. The van der Waals surface area contributed by atoms with E-state index in [0.717, 1.165) is 36.3 Å². The van der Waals surface area contributed by atoms with Gasteiger partial charge in [0.15, 0.2) is 0 Å². The first-order chi connectivity index (χ1) is 11.9. The summed E-state index contributed by atoms with van der Waals surface area (Å²) in [7, 11) is 1.93. The Kier molecular flexibility index (Phi) is 5.38. The molecule has 2 aromatic rings. The molecular weight excluding hydrogens is 355 g/mol. The van der Waals surface area contributed by atoms with Crippen LogP contribution in [-0.2, 0) is 11.2 Å². The average molecular weight is 377 g/mol. The van der Waals surface area contributed by atoms with Crippen LogP contribution in [0.4, 0.5) is 11.4 Å². The smallest absolute Gasteiger partial charge is 0.237 e. The number of nitrogens with zero attached hydrogens (tertiary/aromatic N) is 1. The Morgan fingerprint density at radius 3 is 2.48 bits per heavy atom. The van der Waals surface area contributed by atoms with Crippen LogP contribution in [0.25, 0.3) is 0 Å². The van der Waals surface area contributed by atoms with E-state index in [2.05, 4.69) is 12.2 Å². The van der Waals surface area contributed by atoms with E-state index >= 15 is 0 Å². The van der Waals surface area contributed by atoms with Gasteiger partial charge in [-0.1, -0.05) is 30.1 Å². The van der Waals surface area contributed by atoms with Crippen LogP contribution in [0.3, 0.4) is 0 Å². The van der Waals surface area contributed by atoms with Gasteiger partial charge in [0, 0.05) is 15.7 Å². The molecule has 0 spiro atoms. The summed E-state index contributed by atoms with van der Waals surface area (Å²) in [5, 5.41) is 4.51. The Balaban J connectivity index is 2.05. The molecule has 25 heavy (non-hydrogen) atoms. The topological polar surface area (TPSA) is 32.3 Å². The first-order valence-electron chi connectivity index (χ1n) is 8.48. The van der Waals surface area contributed by atoms with Crippen LogP contribution in [0.5, 0.6) is 0 Å². The fraction of sp³-hybridized carbons (Fsp3) is 0.350. The van der Waals surface area contributed by atoms with Crippen LogP contribution in [-0.4, -0.2) is 19.5 Å². The van der Waals surface area contributed by atoms with E-state index < -0.39 is 5.41 Å². The number of carbonyl (C=O) groups excluding carboxylic acids is 1. The highest BCUT2D eigenvalue weighted by molar-refractivity contribution is 6.31. The molecule has 1 unspecified atom stereocenters. The van der Waals surface area contributed by atoms with Gasteiger partial charge in [-0.2, -0.15) is 0 Å². The zero-order valence-electron chi connectivity index (χ0n) is 14.5. The molecule has 1 atom stereocenters. The van der Waals surface area contributed by atoms with Crippen molar-refractivity contribution in [2.24, 2.45) is 5.41 Å². The average Bonchev–Trinajstić information content (AvgIpc) is 2.58. The van der Waals surface area contributed by atoms with Crippen molar-refractivity contribution in [1.82, 2.24) is 5.32 Å². The number of hydrogen-bond donors (Lipinski definition) is 1. The minimum atomic E-state index is -0.450. The third kappa shape index (κ3) is 3.69. The van der Waals surface area contributed by atoms with Crippen LogP contribution < -0.4 is 10.2 Å². The number of amides is 1. The van der Waals surface area contributed by atoms with E-state index in [-0.39, 0.29) is 5.91 Å². The molecular formula is C20H22Cl2N2O. The second kappa shape index (κ2) is 7.36. The van der Waals surface area contributed by atoms with Crippen molar-refractivity contribution >= 4 is 40.5 Å². The molecule has 0 fully saturated rings. The predicted octanol–water partition coefficient (Wildman–Crippen LogP) is 5.22. The van der Waals surface area contributed by atoms with Gasteiger partial charge in [-0.05, 0) is 80.9 Å². The number of rotatable bonds is 5. The van der Waals surface area contributed by atoms with E-state index in [1.54, 1.807) is 0 Å². The first kappa shape index (κ1) is 18.2. The minimum Gasteiger partial charge on any atom is -0.320 e. The number of nitrogens with one attached hydrogen (secondary N) is 1. The van der Waals surface area contributed by atoms with Gasteiger partial charge in [0.1, 0.15) is 0 Å². The fourth-order valence-corrected chi connectivity index (χ4v) is 3.81. The number of fused-ring (bicyclic) bond motifs is 1. The summed E-state index contributed by atoms with van der Waals surface area (Å²) in [6.45, 7) is 2.95. The third-order valence-electron chi connectivity index (χ3n) is 4.82. The molecule has 1 aliphatic rings. The molecule has 5 heteroatoms. The van der Waals surface area contributed by atoms with Crippen molar-refractivity contribution in [1.29, 1.82) is 0 Å². The van der Waals surface area contributed by atoms with Crippen molar-refractivity contribution < 1.29 is 4.79 Å². The minimum absolute atomic E-state index is 0.126. The Bertz CT molecular complexity index is 776. The quantitative estimate of drug-likeness (QED) is 0.725. The summed E-state index contributed by atoms with van der Waals surface area (Å²) >= 11 is 12.2. The Morgan fingerprint density at radius 2 is 1.80 bits per heavy atom. The molecule has 0 radical (unpaired) electrons. The first-order valence-corrected chi connectivity index (χ1v) is 9.23. The molecule has 2 aromatic carbocycles. The van der Waals surface area contributed by atoms with Gasteiger partial charge in [-0.3, -0.25) is 9.69 Å². The SMILES string of the molecule is CNCCCC1(C)Cc2cc(Cl)ccc2N(c2ccc(Cl)cc2)C1=O. The van der Waals surface area contributed by atoms with E-state index in [1.165, 1.54) is 0 Å². The zero-order valence-corrected chi connectivity index (χ0v) is 16.0. The molecule has 1 aliphatic heterocycles. The summed E-state index contributed by atoms with van der Waals surface area (Å²) in [6.07, 6.45) is 2.47. The van der Waals surface area contributed by atoms with Crippen molar-refractivity contribution in [2.45, 2.75) is 26.2 Å². The summed E-state index contributed by atoms with van der Waals surface area (Å²) in [5.74, 6) is 0.126. The molecule has 1 N–H and O–H groups in total. The zero-order chi connectivity index (χ0) is 18.0. The van der Waals surface area contributed by atoms with E-state index in [4.69, 9.17) is 23.2 Å². The van der Waals surface area contributed by atoms with Gasteiger partial charge in [0.2, 0.25) is 5.91 Å². The normalized spacial score (nSPS) is 19.8. The molecule has 132 valence electrons. The highest BCUT2D eigenvalue weighted by Crippen LogP contribution is 2.44. The standard InChI is InChI=1S/C20H22Cl2N2O/c1-20(10-3-11-23-2)13-14-12-16(22)6-9-18(14)24(19(20)25)17-7-4-15(21)5-8-17/h4-9,12,23H,3,10-11,13H2,1-2H3. The van der Waals surface area contributed by atoms with Gasteiger partial charge in [-0.15, -0.1) is 0 Å². The van der Waals surface area contributed by atoms with Crippen molar-refractivity contribution in [2.75, 3.05) is 18.5 Å². The summed E-state index contributed by atoms with van der Waals surface area (Å²) in [6, 6.07) is 13.1. The van der Waals surface area contributed by atoms with Crippen LogP contribution in [0, 0.1) is 5.41 Å². The number of halogens is 2. The fourth-order valence-electron chi connectivity index (χ4n) is 3.49. The lowest BCUT2D eigenvalue weighted by Gasteiger charge is -2.41. The largest absolute Gasteiger partial charge is 0.320 e. The van der Waals surface area contributed by atoms with Crippen LogP contribution in [0.1, 0.15) is 25.3 Å². The highest BCUT2D eigenvalue weighted by Gasteiger charge is 2.42. The molecule has 1 heterocycles. The van der Waals surface area contributed by atoms with Crippen molar-refractivity contribution in [3.8, 4) is 0 Å². The van der Waals surface area contributed by atoms with Crippen molar-refractivity contribution in [3.63, 3.8) is 0 Å². The lowest BCUT2D eigenvalue weighted by Crippen LogP contribution is -2.45. The van der Waals surface area contributed by atoms with Gasteiger partial charge < -0.3 is 5.32 Å². The van der Waals surface area contributed by atoms with Crippen molar-refractivity contribution in [3.05, 3.63) is 58.1 Å². The van der Waals surface area contributed by atoms with E-state index in [1.807, 2.05) is 54.4 Å². The maximum atomic E-state index is 13.4. The third-order valence-corrected chi connectivity index (χ3v) is 5.31. The number of carbonyl (C=O) groups is 1. The monoisotopic (exact) mass is 376 g/mol. The number of hydrogen-bond acceptors (Lipinski definition) is 2. The Labute approximate surface area is 158 Å². The predicted molar refractivity (Wildman–Crippen MR) is 105 cm³/mol. The summed E-state index contributed by atoms with van der Waals surface area (Å²) in [5.41, 5.74) is 2.39. The van der Waals surface area contributed by atoms with Gasteiger partial charge in [-0.25, -0.2) is 0 Å². The molecule has 3 rings (SSSR count). The lowest BCUT2D eigenvalue weighted by molar-refractivity contribution is -0.127. The second-order valence-corrected chi connectivity index (χ2v) is 7.71. The Morgan fingerprint density at radius 1 is 1.12 bits per heavy atom. The van der Waals surface area contributed by atoms with Gasteiger partial charge in [0.05, 0.1) is 11.1 Å². The van der Waals surface area contributed by atoms with Crippen LogP contribution in [0.2, 0.25) is 10.0 Å². The molecule has 1 amide bonds.